The molecule has 0 saturated carbocycles. The van der Waals surface area contributed by atoms with Crippen molar-refractivity contribution in [2.75, 3.05) is 26.2 Å². The van der Waals surface area contributed by atoms with Crippen molar-refractivity contribution < 1.29 is 0 Å². The van der Waals surface area contributed by atoms with Crippen LogP contribution in [-0.4, -0.2) is 31.1 Å². The van der Waals surface area contributed by atoms with Gasteiger partial charge >= 0.3 is 0 Å². The van der Waals surface area contributed by atoms with Crippen LogP contribution in [0.1, 0.15) is 17.4 Å². The summed E-state index contributed by atoms with van der Waals surface area (Å²) in [4.78, 5) is 3.95. The highest BCUT2D eigenvalue weighted by atomic mass is 32.1. The van der Waals surface area contributed by atoms with Crippen molar-refractivity contribution in [1.82, 2.24) is 10.2 Å². The summed E-state index contributed by atoms with van der Waals surface area (Å²) < 4.78 is 0. The average molecular weight is 288 g/mol. The molecule has 1 aromatic carbocycles. The van der Waals surface area contributed by atoms with Crippen LogP contribution in [0.2, 0.25) is 0 Å². The van der Waals surface area contributed by atoms with Crippen LogP contribution in [-0.2, 0) is 13.0 Å². The van der Waals surface area contributed by atoms with Crippen LogP contribution < -0.4 is 5.32 Å². The zero-order valence-corrected chi connectivity index (χ0v) is 13.0. The third-order valence-corrected chi connectivity index (χ3v) is 4.37. The van der Waals surface area contributed by atoms with Gasteiger partial charge < -0.3 is 5.32 Å². The quantitative estimate of drug-likeness (QED) is 0.711. The molecule has 0 spiro atoms. The van der Waals surface area contributed by atoms with Gasteiger partial charge in [-0.15, -0.1) is 11.3 Å². The Morgan fingerprint density at radius 2 is 1.90 bits per heavy atom. The van der Waals surface area contributed by atoms with E-state index in [2.05, 4.69) is 65.0 Å². The van der Waals surface area contributed by atoms with E-state index in [-0.39, 0.29) is 0 Å². The molecule has 0 aliphatic heterocycles. The van der Waals surface area contributed by atoms with Crippen LogP contribution in [0.25, 0.3) is 0 Å². The summed E-state index contributed by atoms with van der Waals surface area (Å²) in [6.45, 7) is 7.62. The fourth-order valence-electron chi connectivity index (χ4n) is 2.22. The fourth-order valence-corrected chi connectivity index (χ4v) is 2.93. The molecule has 2 nitrogen and oxygen atoms in total. The number of rotatable bonds is 9. The molecular weight excluding hydrogens is 264 g/mol. The molecule has 1 aromatic heterocycles. The highest BCUT2D eigenvalue weighted by molar-refractivity contribution is 7.09. The molecule has 0 saturated heterocycles. The minimum absolute atomic E-state index is 1.05. The Morgan fingerprint density at radius 3 is 2.60 bits per heavy atom. The van der Waals surface area contributed by atoms with Crippen LogP contribution in [0, 0.1) is 0 Å². The molecule has 0 unspecified atom stereocenters. The summed E-state index contributed by atoms with van der Waals surface area (Å²) in [5, 5.41) is 5.69. The molecule has 3 heteroatoms. The van der Waals surface area contributed by atoms with Crippen LogP contribution in [0.5, 0.6) is 0 Å². The Morgan fingerprint density at radius 1 is 1.05 bits per heavy atom. The predicted octanol–water partition coefficient (Wildman–Crippen LogP) is 3.40. The van der Waals surface area contributed by atoms with E-state index in [9.17, 15) is 0 Å². The summed E-state index contributed by atoms with van der Waals surface area (Å²) in [7, 11) is 0. The molecule has 2 rings (SSSR count). The van der Waals surface area contributed by atoms with Crippen molar-refractivity contribution in [3.05, 3.63) is 58.3 Å². The van der Waals surface area contributed by atoms with Crippen LogP contribution >= 0.6 is 11.3 Å². The summed E-state index contributed by atoms with van der Waals surface area (Å²) >= 11 is 1.84. The highest BCUT2D eigenvalue weighted by Gasteiger charge is 2.02. The van der Waals surface area contributed by atoms with Gasteiger partial charge in [-0.2, -0.15) is 0 Å². The molecule has 1 heterocycles. The molecule has 0 aliphatic rings. The lowest BCUT2D eigenvalue weighted by molar-refractivity contribution is 0.279. The van der Waals surface area contributed by atoms with Crippen molar-refractivity contribution in [3.8, 4) is 0 Å². The Kier molecular flexibility index (Phi) is 6.78. The molecule has 0 bridgehead atoms. The number of hydrogen-bond acceptors (Lipinski definition) is 3. The third kappa shape index (κ3) is 5.45. The normalized spacial score (nSPS) is 11.1. The highest BCUT2D eigenvalue weighted by Crippen LogP contribution is 2.08. The second kappa shape index (κ2) is 8.90. The third-order valence-electron chi connectivity index (χ3n) is 3.43. The lowest BCUT2D eigenvalue weighted by Crippen LogP contribution is -2.32. The number of nitrogens with zero attached hydrogens (tertiary/aromatic N) is 1. The first-order valence-corrected chi connectivity index (χ1v) is 8.26. The minimum Gasteiger partial charge on any atom is -0.315 e. The van der Waals surface area contributed by atoms with Gasteiger partial charge in [0.1, 0.15) is 0 Å². The summed E-state index contributed by atoms with van der Waals surface area (Å²) in [6.07, 6.45) is 1.14. The molecule has 0 amide bonds. The van der Waals surface area contributed by atoms with Crippen molar-refractivity contribution >= 4 is 11.3 Å². The van der Waals surface area contributed by atoms with Gasteiger partial charge in [-0.1, -0.05) is 43.3 Å². The first kappa shape index (κ1) is 15.2. The number of benzene rings is 1. The number of thiophene rings is 1. The van der Waals surface area contributed by atoms with Gasteiger partial charge in [-0.25, -0.2) is 0 Å². The first-order valence-electron chi connectivity index (χ1n) is 7.38. The monoisotopic (exact) mass is 288 g/mol. The van der Waals surface area contributed by atoms with Crippen molar-refractivity contribution in [2.24, 2.45) is 0 Å². The second-order valence-corrected chi connectivity index (χ2v) is 5.97. The zero-order valence-electron chi connectivity index (χ0n) is 12.2. The molecule has 0 radical (unpaired) electrons. The fraction of sp³-hybridized carbons (Fsp3) is 0.412. The summed E-state index contributed by atoms with van der Waals surface area (Å²) in [6, 6.07) is 15.0. The smallest absolute Gasteiger partial charge is 0.0234 e. The maximum Gasteiger partial charge on any atom is 0.0234 e. The first-order chi connectivity index (χ1) is 9.88. The van der Waals surface area contributed by atoms with Crippen molar-refractivity contribution in [1.29, 1.82) is 0 Å². The lowest BCUT2D eigenvalue weighted by atomic mass is 10.2. The van der Waals surface area contributed by atoms with Crippen LogP contribution in [0.3, 0.4) is 0 Å². The predicted molar refractivity (Wildman–Crippen MR) is 88.3 cm³/mol. The van der Waals surface area contributed by atoms with Gasteiger partial charge in [-0.05, 0) is 30.0 Å². The van der Waals surface area contributed by atoms with Crippen LogP contribution in [0.15, 0.2) is 47.8 Å². The van der Waals surface area contributed by atoms with E-state index in [1.165, 1.54) is 10.4 Å². The lowest BCUT2D eigenvalue weighted by Gasteiger charge is -2.20. The number of hydrogen-bond donors (Lipinski definition) is 1. The topological polar surface area (TPSA) is 15.3 Å². The molecule has 0 atom stereocenters. The van der Waals surface area contributed by atoms with Crippen LogP contribution in [0.4, 0.5) is 0 Å². The van der Waals surface area contributed by atoms with Crippen molar-refractivity contribution in [2.45, 2.75) is 19.9 Å². The van der Waals surface area contributed by atoms with E-state index in [1.807, 2.05) is 11.3 Å². The Bertz CT molecular complexity index is 453. The van der Waals surface area contributed by atoms with E-state index >= 15 is 0 Å². The van der Waals surface area contributed by atoms with E-state index in [0.717, 1.165) is 39.1 Å². The molecule has 0 fully saturated rings. The molecule has 108 valence electrons. The van der Waals surface area contributed by atoms with E-state index in [1.54, 1.807) is 0 Å². The average Bonchev–Trinajstić information content (AvgIpc) is 3.00. The standard InChI is InChI=1S/C17H24N2S/c1-2-19(15-16-7-4-3-5-8-16)13-12-18-11-10-17-9-6-14-20-17/h3-9,14,18H,2,10-13,15H2,1H3. The minimum atomic E-state index is 1.05. The zero-order chi connectivity index (χ0) is 14.0. The van der Waals surface area contributed by atoms with Gasteiger partial charge in [0.25, 0.3) is 0 Å². The van der Waals surface area contributed by atoms with E-state index in [4.69, 9.17) is 0 Å². The summed E-state index contributed by atoms with van der Waals surface area (Å²) in [5.74, 6) is 0. The second-order valence-electron chi connectivity index (χ2n) is 4.93. The molecular formula is C17H24N2S. The SMILES string of the molecule is CCN(CCNCCc1cccs1)Cc1ccccc1. The largest absolute Gasteiger partial charge is 0.315 e. The number of likely N-dealkylation sites (N-methyl/N-ethyl adjacent to an activating group) is 1. The Balaban J connectivity index is 1.61. The molecule has 2 aromatic rings. The maximum absolute atomic E-state index is 3.54. The van der Waals surface area contributed by atoms with Gasteiger partial charge in [-0.3, -0.25) is 4.90 Å². The van der Waals surface area contributed by atoms with Gasteiger partial charge in [0, 0.05) is 31.1 Å². The summed E-state index contributed by atoms with van der Waals surface area (Å²) in [5.41, 5.74) is 1.40. The molecule has 0 aliphatic carbocycles. The van der Waals surface area contributed by atoms with Gasteiger partial charge in [0.05, 0.1) is 0 Å². The van der Waals surface area contributed by atoms with Gasteiger partial charge in [0.2, 0.25) is 0 Å². The molecule has 20 heavy (non-hydrogen) atoms. The van der Waals surface area contributed by atoms with E-state index < -0.39 is 0 Å². The molecule has 1 N–H and O–H groups in total. The van der Waals surface area contributed by atoms with E-state index in [0.29, 0.717) is 0 Å². The Labute approximate surface area is 126 Å². The number of nitrogens with one attached hydrogen (secondary N) is 1. The van der Waals surface area contributed by atoms with Gasteiger partial charge in [0.15, 0.2) is 0 Å². The van der Waals surface area contributed by atoms with Crippen molar-refractivity contribution in [3.63, 3.8) is 0 Å². The maximum atomic E-state index is 3.54. The Hall–Kier alpha value is -1.16.